The first-order chi connectivity index (χ1) is 12.5. The number of rotatable bonds is 3. The number of carbonyl (C=O) groups excluding carboxylic acids is 1. The van der Waals surface area contributed by atoms with Crippen molar-refractivity contribution < 1.29 is 9.90 Å². The summed E-state index contributed by atoms with van der Waals surface area (Å²) in [5.41, 5.74) is 0.830. The Bertz CT molecular complexity index is 846. The minimum atomic E-state index is -0.881. The minimum absolute atomic E-state index is 0.197. The van der Waals surface area contributed by atoms with Crippen molar-refractivity contribution in [2.45, 2.75) is 56.6 Å². The van der Waals surface area contributed by atoms with Gasteiger partial charge in [0.25, 0.3) is 0 Å². The molecular weight excluding hydrogens is 350 g/mol. The quantitative estimate of drug-likeness (QED) is 0.770. The van der Waals surface area contributed by atoms with E-state index in [1.165, 1.54) is 19.3 Å². The molecule has 3 N–H and O–H groups in total. The number of H-pyrrole nitrogens is 1. The highest BCUT2D eigenvalue weighted by atomic mass is 35.5. The lowest BCUT2D eigenvalue weighted by atomic mass is 9.86. The van der Waals surface area contributed by atoms with E-state index >= 15 is 0 Å². The van der Waals surface area contributed by atoms with Crippen molar-refractivity contribution in [2.75, 3.05) is 0 Å². The standard InChI is InChI=1S/C20H24ClN3O2/c21-12-6-16(15-10-22-24-17(15)7-12)20(26)8-13-14(9-20)18(13)23-19(25)11-4-2-1-3-5-11/h6-7,10-11,13-14,18,26H,1-5,8-9H2,(H,22,24)(H,23,25)/t13-,14+,18-,20+. The van der Waals surface area contributed by atoms with E-state index in [4.69, 9.17) is 11.6 Å². The summed E-state index contributed by atoms with van der Waals surface area (Å²) < 4.78 is 0. The molecule has 3 aliphatic carbocycles. The van der Waals surface area contributed by atoms with Gasteiger partial charge in [0.1, 0.15) is 0 Å². The fourth-order valence-corrected chi connectivity index (χ4v) is 5.56. The molecular formula is C20H24ClN3O2. The summed E-state index contributed by atoms with van der Waals surface area (Å²) in [5, 5.41) is 23.1. The van der Waals surface area contributed by atoms with Crippen molar-refractivity contribution in [3.05, 3.63) is 28.9 Å². The Balaban J connectivity index is 1.29. The molecule has 26 heavy (non-hydrogen) atoms. The first-order valence-electron chi connectivity index (χ1n) is 9.71. The van der Waals surface area contributed by atoms with E-state index in [2.05, 4.69) is 15.5 Å². The lowest BCUT2D eigenvalue weighted by Crippen LogP contribution is -2.37. The van der Waals surface area contributed by atoms with Crippen LogP contribution >= 0.6 is 11.6 Å². The third kappa shape index (κ3) is 2.64. The van der Waals surface area contributed by atoms with Crippen LogP contribution < -0.4 is 5.32 Å². The first kappa shape index (κ1) is 16.6. The van der Waals surface area contributed by atoms with E-state index in [-0.39, 0.29) is 17.9 Å². The number of aromatic amines is 1. The largest absolute Gasteiger partial charge is 0.385 e. The van der Waals surface area contributed by atoms with Crippen LogP contribution in [0.4, 0.5) is 0 Å². The zero-order valence-corrected chi connectivity index (χ0v) is 15.4. The fourth-order valence-electron chi connectivity index (χ4n) is 5.35. The summed E-state index contributed by atoms with van der Waals surface area (Å²) in [4.78, 5) is 12.5. The van der Waals surface area contributed by atoms with Crippen molar-refractivity contribution in [2.24, 2.45) is 17.8 Å². The van der Waals surface area contributed by atoms with E-state index in [1.807, 2.05) is 12.1 Å². The second kappa shape index (κ2) is 5.96. The molecule has 5 nitrogen and oxygen atoms in total. The molecule has 3 aliphatic rings. The van der Waals surface area contributed by atoms with Crippen LogP contribution in [0, 0.1) is 17.8 Å². The summed E-state index contributed by atoms with van der Waals surface area (Å²) in [6.45, 7) is 0. The smallest absolute Gasteiger partial charge is 0.223 e. The second-order valence-electron chi connectivity index (χ2n) is 8.42. The zero-order valence-electron chi connectivity index (χ0n) is 14.7. The Hall–Kier alpha value is -1.59. The van der Waals surface area contributed by atoms with Gasteiger partial charge in [-0.3, -0.25) is 9.89 Å². The monoisotopic (exact) mass is 373 g/mol. The normalized spacial score (nSPS) is 34.0. The van der Waals surface area contributed by atoms with Gasteiger partial charge in [0, 0.05) is 22.4 Å². The van der Waals surface area contributed by atoms with Crippen LogP contribution in [0.2, 0.25) is 5.02 Å². The number of aromatic nitrogens is 2. The molecule has 6 heteroatoms. The Morgan fingerprint density at radius 1 is 1.23 bits per heavy atom. The summed E-state index contributed by atoms with van der Waals surface area (Å²) >= 11 is 6.24. The van der Waals surface area contributed by atoms with Crippen LogP contribution in [-0.2, 0) is 10.4 Å². The van der Waals surface area contributed by atoms with Gasteiger partial charge in [-0.05, 0) is 55.2 Å². The van der Waals surface area contributed by atoms with E-state index in [9.17, 15) is 9.90 Å². The fraction of sp³-hybridized carbons (Fsp3) is 0.600. The van der Waals surface area contributed by atoms with Crippen molar-refractivity contribution in [3.8, 4) is 0 Å². The summed E-state index contributed by atoms with van der Waals surface area (Å²) in [7, 11) is 0. The van der Waals surface area contributed by atoms with Gasteiger partial charge in [-0.2, -0.15) is 5.10 Å². The molecule has 3 saturated carbocycles. The second-order valence-corrected chi connectivity index (χ2v) is 8.86. The number of aliphatic hydroxyl groups is 1. The molecule has 0 spiro atoms. The van der Waals surface area contributed by atoms with Gasteiger partial charge in [-0.15, -0.1) is 0 Å². The number of hydrogen-bond donors (Lipinski definition) is 3. The number of halogens is 1. The van der Waals surface area contributed by atoms with E-state index in [1.54, 1.807) is 6.20 Å². The number of carbonyl (C=O) groups is 1. The van der Waals surface area contributed by atoms with Crippen LogP contribution in [0.25, 0.3) is 10.9 Å². The van der Waals surface area contributed by atoms with E-state index < -0.39 is 5.60 Å². The van der Waals surface area contributed by atoms with Crippen molar-refractivity contribution in [1.82, 2.24) is 15.5 Å². The SMILES string of the molecule is O=C(N[C@@H]1[C@@H]2C[C@@](O)(c3cc(Cl)cc4[nH]ncc34)C[C@@H]21)C1CCCCC1. The number of hydrogen-bond acceptors (Lipinski definition) is 3. The van der Waals surface area contributed by atoms with Gasteiger partial charge in [-0.25, -0.2) is 0 Å². The Morgan fingerprint density at radius 2 is 1.96 bits per heavy atom. The van der Waals surface area contributed by atoms with Gasteiger partial charge < -0.3 is 10.4 Å². The van der Waals surface area contributed by atoms with Gasteiger partial charge in [0.2, 0.25) is 5.91 Å². The number of nitrogens with one attached hydrogen (secondary N) is 2. The molecule has 0 unspecified atom stereocenters. The highest BCUT2D eigenvalue weighted by Crippen LogP contribution is 2.60. The van der Waals surface area contributed by atoms with Crippen LogP contribution in [0.5, 0.6) is 0 Å². The van der Waals surface area contributed by atoms with Crippen LogP contribution in [-0.4, -0.2) is 27.3 Å². The third-order valence-electron chi connectivity index (χ3n) is 6.79. The molecule has 3 fully saturated rings. The van der Waals surface area contributed by atoms with Crippen LogP contribution in [0.3, 0.4) is 0 Å². The summed E-state index contributed by atoms with van der Waals surface area (Å²) in [6, 6.07) is 3.93. The van der Waals surface area contributed by atoms with Crippen molar-refractivity contribution in [3.63, 3.8) is 0 Å². The molecule has 5 rings (SSSR count). The van der Waals surface area contributed by atoms with Crippen LogP contribution in [0.15, 0.2) is 18.3 Å². The summed E-state index contributed by atoms with van der Waals surface area (Å²) in [5.74, 6) is 1.16. The van der Waals surface area contributed by atoms with E-state index in [0.29, 0.717) is 29.7 Å². The average Bonchev–Trinajstić information content (AvgIpc) is 3.01. The first-order valence-corrected chi connectivity index (χ1v) is 10.1. The van der Waals surface area contributed by atoms with Crippen LogP contribution in [0.1, 0.15) is 50.5 Å². The molecule has 1 heterocycles. The molecule has 4 atom stereocenters. The minimum Gasteiger partial charge on any atom is -0.385 e. The predicted molar refractivity (Wildman–Crippen MR) is 99.7 cm³/mol. The summed E-state index contributed by atoms with van der Waals surface area (Å²) in [6.07, 6.45) is 8.76. The molecule has 0 radical (unpaired) electrons. The maximum Gasteiger partial charge on any atom is 0.223 e. The average molecular weight is 374 g/mol. The molecule has 0 aliphatic heterocycles. The molecule has 1 amide bonds. The lowest BCUT2D eigenvalue weighted by molar-refractivity contribution is -0.126. The molecule has 2 aromatic rings. The maximum atomic E-state index is 12.5. The predicted octanol–water partition coefficient (Wildman–Crippen LogP) is 3.51. The molecule has 1 aromatic heterocycles. The third-order valence-corrected chi connectivity index (χ3v) is 7.01. The number of nitrogens with zero attached hydrogens (tertiary/aromatic N) is 1. The molecule has 138 valence electrons. The maximum absolute atomic E-state index is 12.5. The Morgan fingerprint density at radius 3 is 2.69 bits per heavy atom. The highest BCUT2D eigenvalue weighted by Gasteiger charge is 2.62. The zero-order chi connectivity index (χ0) is 17.9. The molecule has 1 aromatic carbocycles. The van der Waals surface area contributed by atoms with E-state index in [0.717, 1.165) is 29.3 Å². The number of fused-ring (bicyclic) bond motifs is 2. The molecule has 0 saturated heterocycles. The highest BCUT2D eigenvalue weighted by molar-refractivity contribution is 6.31. The topological polar surface area (TPSA) is 78.0 Å². The number of amides is 1. The Labute approximate surface area is 157 Å². The van der Waals surface area contributed by atoms with Gasteiger partial charge in [0.15, 0.2) is 0 Å². The Kier molecular flexibility index (Phi) is 3.80. The van der Waals surface area contributed by atoms with Crippen molar-refractivity contribution in [1.29, 1.82) is 0 Å². The molecule has 0 bridgehead atoms. The van der Waals surface area contributed by atoms with Crippen molar-refractivity contribution >= 4 is 28.4 Å². The lowest BCUT2D eigenvalue weighted by Gasteiger charge is -2.28. The van der Waals surface area contributed by atoms with Gasteiger partial charge in [0.05, 0.1) is 17.3 Å². The van der Waals surface area contributed by atoms with Gasteiger partial charge in [-0.1, -0.05) is 30.9 Å². The van der Waals surface area contributed by atoms with Gasteiger partial charge >= 0.3 is 0 Å². The number of benzene rings is 1.